The maximum absolute atomic E-state index is 5.93. The minimum atomic E-state index is 0.126. The molecule has 3 heteroatoms. The average molecular weight is 257 g/mol. The number of hydrogen-bond acceptors (Lipinski definition) is 3. The predicted molar refractivity (Wildman–Crippen MR) is 82.0 cm³/mol. The van der Waals surface area contributed by atoms with Gasteiger partial charge in [-0.05, 0) is 26.4 Å². The van der Waals surface area contributed by atoms with E-state index in [1.807, 2.05) is 0 Å². The largest absolute Gasteiger partial charge is 0.329 e. The molecule has 0 bridgehead atoms. The van der Waals surface area contributed by atoms with Crippen molar-refractivity contribution in [3.05, 3.63) is 0 Å². The van der Waals surface area contributed by atoms with Crippen molar-refractivity contribution in [2.75, 3.05) is 32.7 Å². The number of hydrogen-bond donors (Lipinski definition) is 2. The van der Waals surface area contributed by atoms with Gasteiger partial charge in [-0.25, -0.2) is 0 Å². The van der Waals surface area contributed by atoms with Crippen LogP contribution in [0.15, 0.2) is 0 Å². The Morgan fingerprint density at radius 1 is 1.06 bits per heavy atom. The first-order valence-corrected chi connectivity index (χ1v) is 7.79. The number of nitrogens with zero attached hydrogens (tertiary/aromatic N) is 1. The smallest absolute Gasteiger partial charge is 0.0276 e. The third-order valence-electron chi connectivity index (χ3n) is 3.91. The molecule has 0 saturated carbocycles. The van der Waals surface area contributed by atoms with Crippen LogP contribution < -0.4 is 11.1 Å². The third-order valence-corrected chi connectivity index (χ3v) is 3.91. The Hall–Kier alpha value is -0.120. The first kappa shape index (κ1) is 17.9. The monoisotopic (exact) mass is 257 g/mol. The summed E-state index contributed by atoms with van der Waals surface area (Å²) in [6.45, 7) is 14.1. The maximum atomic E-state index is 5.93. The molecule has 0 aliphatic carbocycles. The molecule has 0 rings (SSSR count). The van der Waals surface area contributed by atoms with E-state index in [9.17, 15) is 0 Å². The van der Waals surface area contributed by atoms with E-state index in [4.69, 9.17) is 5.73 Å². The molecule has 0 aliphatic heterocycles. The molecule has 0 heterocycles. The molecule has 0 aromatic rings. The molecule has 0 aromatic heterocycles. The molecular weight excluding hydrogens is 222 g/mol. The summed E-state index contributed by atoms with van der Waals surface area (Å²) >= 11 is 0. The molecule has 1 atom stereocenters. The lowest BCUT2D eigenvalue weighted by Gasteiger charge is -2.31. The van der Waals surface area contributed by atoms with Crippen molar-refractivity contribution in [3.63, 3.8) is 0 Å². The molecule has 3 N–H and O–H groups in total. The number of unbranched alkanes of at least 4 members (excludes halogenated alkanes) is 3. The van der Waals surface area contributed by atoms with Crippen molar-refractivity contribution in [1.82, 2.24) is 10.2 Å². The Morgan fingerprint density at radius 2 is 1.72 bits per heavy atom. The van der Waals surface area contributed by atoms with Gasteiger partial charge in [-0.3, -0.25) is 0 Å². The number of nitrogens with one attached hydrogen (secondary N) is 1. The van der Waals surface area contributed by atoms with Crippen LogP contribution in [0.3, 0.4) is 0 Å². The van der Waals surface area contributed by atoms with Gasteiger partial charge in [0.15, 0.2) is 0 Å². The van der Waals surface area contributed by atoms with Gasteiger partial charge in [-0.2, -0.15) is 0 Å². The molecule has 3 nitrogen and oxygen atoms in total. The topological polar surface area (TPSA) is 41.3 Å². The van der Waals surface area contributed by atoms with E-state index in [0.29, 0.717) is 0 Å². The van der Waals surface area contributed by atoms with E-state index in [2.05, 4.69) is 37.9 Å². The molecule has 1 unspecified atom stereocenters. The molecule has 0 saturated heterocycles. The lowest BCUT2D eigenvalue weighted by molar-refractivity contribution is 0.266. The summed E-state index contributed by atoms with van der Waals surface area (Å²) in [6, 6.07) is 0. The van der Waals surface area contributed by atoms with Crippen LogP contribution in [0, 0.1) is 0 Å². The van der Waals surface area contributed by atoms with Crippen LogP contribution in [0.5, 0.6) is 0 Å². The Morgan fingerprint density at radius 3 is 2.22 bits per heavy atom. The predicted octanol–water partition coefficient (Wildman–Crippen LogP) is 2.61. The standard InChI is InChI=1S/C15H35N3/c1-5-8-9-10-11-15(4,14-16)17-12-13-18(6-2)7-3/h17H,5-14,16H2,1-4H3. The van der Waals surface area contributed by atoms with Gasteiger partial charge < -0.3 is 16.0 Å². The van der Waals surface area contributed by atoms with E-state index in [1.54, 1.807) is 0 Å². The molecule has 0 radical (unpaired) electrons. The Labute approximate surface area is 114 Å². The fourth-order valence-electron chi connectivity index (χ4n) is 2.26. The van der Waals surface area contributed by atoms with Crippen LogP contribution in [0.1, 0.15) is 59.8 Å². The molecule has 0 fully saturated rings. The number of nitrogens with two attached hydrogens (primary N) is 1. The van der Waals surface area contributed by atoms with E-state index in [0.717, 1.165) is 32.7 Å². The fraction of sp³-hybridized carbons (Fsp3) is 1.00. The Kier molecular flexibility index (Phi) is 10.7. The quantitative estimate of drug-likeness (QED) is 0.528. The molecule has 0 aromatic carbocycles. The highest BCUT2D eigenvalue weighted by molar-refractivity contribution is 4.84. The second-order valence-corrected chi connectivity index (χ2v) is 5.53. The van der Waals surface area contributed by atoms with Gasteiger partial charge in [-0.15, -0.1) is 0 Å². The summed E-state index contributed by atoms with van der Waals surface area (Å²) in [5, 5.41) is 3.66. The van der Waals surface area contributed by atoms with Gasteiger partial charge in [0.1, 0.15) is 0 Å². The highest BCUT2D eigenvalue weighted by Crippen LogP contribution is 2.14. The molecular formula is C15H35N3. The lowest BCUT2D eigenvalue weighted by atomic mass is 9.94. The van der Waals surface area contributed by atoms with Gasteiger partial charge in [0.2, 0.25) is 0 Å². The van der Waals surface area contributed by atoms with Crippen molar-refractivity contribution in [2.45, 2.75) is 65.3 Å². The average Bonchev–Trinajstić information content (AvgIpc) is 2.40. The summed E-state index contributed by atoms with van der Waals surface area (Å²) in [5.74, 6) is 0. The van der Waals surface area contributed by atoms with Crippen molar-refractivity contribution in [1.29, 1.82) is 0 Å². The molecule has 18 heavy (non-hydrogen) atoms. The van der Waals surface area contributed by atoms with Gasteiger partial charge in [0, 0.05) is 25.2 Å². The fourth-order valence-corrected chi connectivity index (χ4v) is 2.26. The summed E-state index contributed by atoms with van der Waals surface area (Å²) in [5.41, 5.74) is 6.05. The first-order chi connectivity index (χ1) is 8.61. The second-order valence-electron chi connectivity index (χ2n) is 5.53. The summed E-state index contributed by atoms with van der Waals surface area (Å²) in [4.78, 5) is 2.45. The van der Waals surface area contributed by atoms with Crippen LogP contribution in [0.25, 0.3) is 0 Å². The molecule has 110 valence electrons. The first-order valence-electron chi connectivity index (χ1n) is 7.79. The normalized spacial score (nSPS) is 15.0. The Balaban J connectivity index is 3.84. The molecule has 0 aliphatic rings. The van der Waals surface area contributed by atoms with E-state index in [1.165, 1.54) is 32.1 Å². The zero-order valence-corrected chi connectivity index (χ0v) is 13.1. The zero-order valence-electron chi connectivity index (χ0n) is 13.1. The van der Waals surface area contributed by atoms with Gasteiger partial charge in [-0.1, -0.05) is 46.5 Å². The van der Waals surface area contributed by atoms with Crippen LogP contribution in [-0.4, -0.2) is 43.2 Å². The van der Waals surface area contributed by atoms with Gasteiger partial charge in [0.05, 0.1) is 0 Å². The van der Waals surface area contributed by atoms with Crippen LogP contribution in [0.4, 0.5) is 0 Å². The number of likely N-dealkylation sites (N-methyl/N-ethyl adjacent to an activating group) is 1. The third kappa shape index (κ3) is 8.06. The number of rotatable bonds is 12. The summed E-state index contributed by atoms with van der Waals surface area (Å²) < 4.78 is 0. The zero-order chi connectivity index (χ0) is 13.9. The minimum Gasteiger partial charge on any atom is -0.329 e. The van der Waals surface area contributed by atoms with Crippen molar-refractivity contribution in [3.8, 4) is 0 Å². The van der Waals surface area contributed by atoms with Crippen molar-refractivity contribution >= 4 is 0 Å². The molecule has 0 amide bonds. The lowest BCUT2D eigenvalue weighted by Crippen LogP contribution is -2.50. The second kappa shape index (κ2) is 10.8. The van der Waals surface area contributed by atoms with Crippen molar-refractivity contribution in [2.24, 2.45) is 5.73 Å². The highest BCUT2D eigenvalue weighted by atomic mass is 15.1. The summed E-state index contributed by atoms with van der Waals surface area (Å²) in [6.07, 6.45) is 6.47. The van der Waals surface area contributed by atoms with Gasteiger partial charge in [0.25, 0.3) is 0 Å². The highest BCUT2D eigenvalue weighted by Gasteiger charge is 2.20. The van der Waals surface area contributed by atoms with E-state index in [-0.39, 0.29) is 5.54 Å². The van der Waals surface area contributed by atoms with Crippen LogP contribution >= 0.6 is 0 Å². The van der Waals surface area contributed by atoms with E-state index < -0.39 is 0 Å². The van der Waals surface area contributed by atoms with Crippen LogP contribution in [-0.2, 0) is 0 Å². The maximum Gasteiger partial charge on any atom is 0.0276 e. The van der Waals surface area contributed by atoms with E-state index >= 15 is 0 Å². The Bertz CT molecular complexity index is 181. The summed E-state index contributed by atoms with van der Waals surface area (Å²) in [7, 11) is 0. The van der Waals surface area contributed by atoms with Crippen LogP contribution in [0.2, 0.25) is 0 Å². The van der Waals surface area contributed by atoms with Crippen molar-refractivity contribution < 1.29 is 0 Å². The minimum absolute atomic E-state index is 0.126. The SMILES string of the molecule is CCCCCCC(C)(CN)NCCN(CC)CC. The van der Waals surface area contributed by atoms with Gasteiger partial charge >= 0.3 is 0 Å². The molecule has 0 spiro atoms.